The average molecular weight is 422 g/mol. The Hall–Kier alpha value is -2.76. The number of carbonyl (C=O) groups excluding carboxylic acids is 1. The highest BCUT2D eigenvalue weighted by Crippen LogP contribution is 2.23. The van der Waals surface area contributed by atoms with E-state index in [9.17, 15) is 13.2 Å². The van der Waals surface area contributed by atoms with Gasteiger partial charge in [0.1, 0.15) is 5.75 Å². The lowest BCUT2D eigenvalue weighted by Crippen LogP contribution is -2.26. The zero-order valence-electron chi connectivity index (χ0n) is 15.1. The fraction of sp³-hybridized carbons (Fsp3) is 0.235. The van der Waals surface area contributed by atoms with E-state index in [0.29, 0.717) is 12.4 Å². The molecule has 0 atom stereocenters. The molecule has 0 bridgehead atoms. The third-order valence-electron chi connectivity index (χ3n) is 3.69. The molecule has 1 amide bonds. The van der Waals surface area contributed by atoms with Gasteiger partial charge in [-0.1, -0.05) is 11.2 Å². The topological polar surface area (TPSA) is 123 Å². The molecule has 3 aromatic rings. The zero-order valence-corrected chi connectivity index (χ0v) is 16.8. The number of ether oxygens (including phenoxy) is 1. The molecule has 0 spiro atoms. The standard InChI is InChI=1S/C17H18N4O5S2/c1-3-18-17(22)12-9-11(6-7-13(12)25-2)28(23,24)19-10-15-20-16(21-26-15)14-5-4-8-27-14/h4-9,19H,3,10H2,1-2H3,(H,18,22). The summed E-state index contributed by atoms with van der Waals surface area (Å²) in [5.74, 6) is 0.382. The van der Waals surface area contributed by atoms with Crippen molar-refractivity contribution < 1.29 is 22.5 Å². The van der Waals surface area contributed by atoms with Crippen molar-refractivity contribution in [2.24, 2.45) is 0 Å². The molecule has 0 aliphatic heterocycles. The lowest BCUT2D eigenvalue weighted by Gasteiger charge is -2.11. The van der Waals surface area contributed by atoms with Crippen molar-refractivity contribution in [1.82, 2.24) is 20.2 Å². The Balaban J connectivity index is 1.77. The van der Waals surface area contributed by atoms with E-state index in [4.69, 9.17) is 9.26 Å². The molecule has 0 radical (unpaired) electrons. The minimum absolute atomic E-state index is 0.0763. The predicted molar refractivity (Wildman–Crippen MR) is 103 cm³/mol. The summed E-state index contributed by atoms with van der Waals surface area (Å²) < 4.78 is 37.8. The van der Waals surface area contributed by atoms with E-state index in [1.54, 1.807) is 6.92 Å². The maximum atomic E-state index is 12.6. The van der Waals surface area contributed by atoms with E-state index in [0.717, 1.165) is 4.88 Å². The molecule has 9 nitrogen and oxygen atoms in total. The number of nitrogens with one attached hydrogen (secondary N) is 2. The van der Waals surface area contributed by atoms with Gasteiger partial charge in [0, 0.05) is 6.54 Å². The molecule has 1 aromatic carbocycles. The Kier molecular flexibility index (Phi) is 6.07. The van der Waals surface area contributed by atoms with Crippen LogP contribution in [0.3, 0.4) is 0 Å². The lowest BCUT2D eigenvalue weighted by molar-refractivity contribution is 0.0952. The first kappa shape index (κ1) is 20.0. The first-order valence-electron chi connectivity index (χ1n) is 8.27. The molecule has 0 fully saturated rings. The van der Waals surface area contributed by atoms with Crippen molar-refractivity contribution >= 4 is 27.3 Å². The van der Waals surface area contributed by atoms with Gasteiger partial charge in [0.2, 0.25) is 21.7 Å². The van der Waals surface area contributed by atoms with Crippen LogP contribution in [0.25, 0.3) is 10.7 Å². The molecule has 2 heterocycles. The van der Waals surface area contributed by atoms with Crippen LogP contribution >= 0.6 is 11.3 Å². The highest BCUT2D eigenvalue weighted by Gasteiger charge is 2.20. The minimum Gasteiger partial charge on any atom is -0.496 e. The van der Waals surface area contributed by atoms with E-state index in [-0.39, 0.29) is 28.6 Å². The van der Waals surface area contributed by atoms with Gasteiger partial charge in [-0.2, -0.15) is 4.98 Å². The fourth-order valence-corrected chi connectivity index (χ4v) is 4.01. The first-order valence-corrected chi connectivity index (χ1v) is 10.6. The highest BCUT2D eigenvalue weighted by atomic mass is 32.2. The van der Waals surface area contributed by atoms with Crippen LogP contribution in [0, 0.1) is 0 Å². The van der Waals surface area contributed by atoms with Crippen LogP contribution in [0.1, 0.15) is 23.2 Å². The van der Waals surface area contributed by atoms with E-state index in [2.05, 4.69) is 20.2 Å². The SMILES string of the molecule is CCNC(=O)c1cc(S(=O)(=O)NCc2nc(-c3cccs3)no2)ccc1OC. The summed E-state index contributed by atoms with van der Waals surface area (Å²) in [4.78, 5) is 17.1. The van der Waals surface area contributed by atoms with E-state index < -0.39 is 15.9 Å². The molecule has 2 N–H and O–H groups in total. The summed E-state index contributed by atoms with van der Waals surface area (Å²) in [6, 6.07) is 7.74. The van der Waals surface area contributed by atoms with Crippen LogP contribution in [0.15, 0.2) is 45.1 Å². The minimum atomic E-state index is -3.91. The molecule has 148 valence electrons. The number of aromatic nitrogens is 2. The average Bonchev–Trinajstić information content (AvgIpc) is 3.37. The molecule has 11 heteroatoms. The van der Waals surface area contributed by atoms with Crippen molar-refractivity contribution in [1.29, 1.82) is 0 Å². The fourth-order valence-electron chi connectivity index (χ4n) is 2.36. The maximum absolute atomic E-state index is 12.6. The number of hydrogen-bond acceptors (Lipinski definition) is 8. The van der Waals surface area contributed by atoms with Gasteiger partial charge < -0.3 is 14.6 Å². The number of hydrogen-bond donors (Lipinski definition) is 2. The second-order valence-corrected chi connectivity index (χ2v) is 8.25. The van der Waals surface area contributed by atoms with Gasteiger partial charge in [-0.3, -0.25) is 4.79 Å². The number of amides is 1. The summed E-state index contributed by atoms with van der Waals surface area (Å²) in [6.07, 6.45) is 0. The Morgan fingerprint density at radius 3 is 2.82 bits per heavy atom. The van der Waals surface area contributed by atoms with Gasteiger partial charge >= 0.3 is 0 Å². The molecule has 0 aliphatic rings. The van der Waals surface area contributed by atoms with Gasteiger partial charge in [-0.05, 0) is 36.6 Å². The molecule has 0 saturated heterocycles. The van der Waals surface area contributed by atoms with Crippen molar-refractivity contribution in [3.05, 3.63) is 47.2 Å². The summed E-state index contributed by atoms with van der Waals surface area (Å²) in [5, 5.41) is 8.33. The Morgan fingerprint density at radius 1 is 1.32 bits per heavy atom. The monoisotopic (exact) mass is 422 g/mol. The van der Waals surface area contributed by atoms with Crippen LogP contribution in [0.4, 0.5) is 0 Å². The molecule has 2 aromatic heterocycles. The summed E-state index contributed by atoms with van der Waals surface area (Å²) in [7, 11) is -2.50. The van der Waals surface area contributed by atoms with E-state index in [1.807, 2.05) is 17.5 Å². The molecular weight excluding hydrogens is 404 g/mol. The van der Waals surface area contributed by atoms with Crippen molar-refractivity contribution in [2.45, 2.75) is 18.4 Å². The van der Waals surface area contributed by atoms with Gasteiger partial charge in [0.05, 0.1) is 29.0 Å². The Labute approximate surface area is 165 Å². The van der Waals surface area contributed by atoms with Crippen LogP contribution < -0.4 is 14.8 Å². The van der Waals surface area contributed by atoms with Crippen LogP contribution in [0.5, 0.6) is 5.75 Å². The summed E-state index contributed by atoms with van der Waals surface area (Å²) in [5.41, 5.74) is 0.130. The molecule has 0 saturated carbocycles. The third-order valence-corrected chi connectivity index (χ3v) is 5.95. The first-order chi connectivity index (χ1) is 13.4. The van der Waals surface area contributed by atoms with Crippen molar-refractivity contribution in [2.75, 3.05) is 13.7 Å². The maximum Gasteiger partial charge on any atom is 0.255 e. The number of thiophene rings is 1. The quantitative estimate of drug-likeness (QED) is 0.569. The molecule has 0 aliphatic carbocycles. The molecular formula is C17H18N4O5S2. The number of benzene rings is 1. The summed E-state index contributed by atoms with van der Waals surface area (Å²) in [6.45, 7) is 1.99. The Bertz CT molecular complexity index is 1060. The second-order valence-electron chi connectivity index (χ2n) is 5.54. The smallest absolute Gasteiger partial charge is 0.255 e. The zero-order chi connectivity index (χ0) is 20.1. The highest BCUT2D eigenvalue weighted by molar-refractivity contribution is 7.89. The lowest BCUT2D eigenvalue weighted by atomic mass is 10.2. The van der Waals surface area contributed by atoms with Crippen molar-refractivity contribution in [3.63, 3.8) is 0 Å². The van der Waals surface area contributed by atoms with E-state index >= 15 is 0 Å². The van der Waals surface area contributed by atoms with Crippen LogP contribution in [0.2, 0.25) is 0 Å². The molecule has 3 rings (SSSR count). The predicted octanol–water partition coefficient (Wildman–Crippen LogP) is 2.03. The normalized spacial score (nSPS) is 11.4. The van der Waals surface area contributed by atoms with Gasteiger partial charge in [-0.15, -0.1) is 11.3 Å². The number of rotatable bonds is 8. The third kappa shape index (κ3) is 4.38. The number of sulfonamides is 1. The number of methoxy groups -OCH3 is 1. The van der Waals surface area contributed by atoms with Gasteiger partial charge in [-0.25, -0.2) is 13.1 Å². The number of nitrogens with zero attached hydrogens (tertiary/aromatic N) is 2. The van der Waals surface area contributed by atoms with Gasteiger partial charge in [0.25, 0.3) is 5.91 Å². The molecule has 0 unspecified atom stereocenters. The van der Waals surface area contributed by atoms with Crippen LogP contribution in [-0.4, -0.2) is 38.1 Å². The van der Waals surface area contributed by atoms with E-state index in [1.165, 1.54) is 36.6 Å². The van der Waals surface area contributed by atoms with Crippen molar-refractivity contribution in [3.8, 4) is 16.5 Å². The molecule has 28 heavy (non-hydrogen) atoms. The second kappa shape index (κ2) is 8.50. The van der Waals surface area contributed by atoms with Gasteiger partial charge in [0.15, 0.2) is 0 Å². The largest absolute Gasteiger partial charge is 0.496 e. The Morgan fingerprint density at radius 2 is 2.14 bits per heavy atom. The number of carbonyl (C=O) groups is 1. The van der Waals surface area contributed by atoms with Crippen LogP contribution in [-0.2, 0) is 16.6 Å². The summed E-state index contributed by atoms with van der Waals surface area (Å²) >= 11 is 1.45.